The van der Waals surface area contributed by atoms with Crippen LogP contribution in [-0.4, -0.2) is 18.6 Å². The Bertz CT molecular complexity index is 182. The van der Waals surface area contributed by atoms with Gasteiger partial charge in [0.1, 0.15) is 0 Å². The minimum absolute atomic E-state index is 0.00736. The highest BCUT2D eigenvalue weighted by atomic mass is 16.2. The van der Waals surface area contributed by atoms with Crippen LogP contribution in [0.5, 0.6) is 0 Å². The molecule has 1 saturated carbocycles. The number of urea groups is 1. The highest BCUT2D eigenvalue weighted by molar-refractivity contribution is 5.74. The number of carbonyl (C=O) groups excluding carboxylic acids is 1. The molecule has 3 heteroatoms. The van der Waals surface area contributed by atoms with E-state index in [1.807, 2.05) is 6.92 Å². The van der Waals surface area contributed by atoms with Crippen molar-refractivity contribution in [2.75, 3.05) is 6.54 Å². The van der Waals surface area contributed by atoms with Crippen molar-refractivity contribution in [1.29, 1.82) is 0 Å². The maximum Gasteiger partial charge on any atom is 0.314 e. The molecule has 0 aromatic heterocycles. The first-order chi connectivity index (χ1) is 6.72. The highest BCUT2D eigenvalue weighted by Gasteiger charge is 2.17. The van der Waals surface area contributed by atoms with E-state index >= 15 is 0 Å². The number of hydrogen-bond acceptors (Lipinski definition) is 1. The normalized spacial score (nSPS) is 27.9. The Balaban J connectivity index is 2.26. The molecule has 82 valence electrons. The Hall–Kier alpha value is -0.730. The van der Waals surface area contributed by atoms with Gasteiger partial charge in [0, 0.05) is 12.6 Å². The summed E-state index contributed by atoms with van der Waals surface area (Å²) in [7, 11) is 0. The van der Waals surface area contributed by atoms with E-state index in [9.17, 15) is 4.79 Å². The smallest absolute Gasteiger partial charge is 0.314 e. The summed E-state index contributed by atoms with van der Waals surface area (Å²) in [6, 6.07) is 0.388. The molecule has 14 heavy (non-hydrogen) atoms. The van der Waals surface area contributed by atoms with Crippen molar-refractivity contribution < 1.29 is 4.79 Å². The monoisotopic (exact) mass is 198 g/mol. The first-order valence-electron chi connectivity index (χ1n) is 5.76. The highest BCUT2D eigenvalue weighted by Crippen LogP contribution is 2.22. The van der Waals surface area contributed by atoms with Gasteiger partial charge in [-0.3, -0.25) is 0 Å². The summed E-state index contributed by atoms with van der Waals surface area (Å²) in [4.78, 5) is 11.3. The first-order valence-corrected chi connectivity index (χ1v) is 5.76. The maximum atomic E-state index is 11.3. The van der Waals surface area contributed by atoms with Crippen molar-refractivity contribution in [1.82, 2.24) is 10.6 Å². The zero-order valence-corrected chi connectivity index (χ0v) is 9.31. The summed E-state index contributed by atoms with van der Waals surface area (Å²) in [5, 5.41) is 5.80. The van der Waals surface area contributed by atoms with Crippen molar-refractivity contribution in [3.05, 3.63) is 0 Å². The van der Waals surface area contributed by atoms with Gasteiger partial charge in [-0.2, -0.15) is 0 Å². The summed E-state index contributed by atoms with van der Waals surface area (Å²) >= 11 is 0. The van der Waals surface area contributed by atoms with E-state index in [1.165, 1.54) is 19.3 Å². The van der Waals surface area contributed by atoms with E-state index < -0.39 is 0 Å². The molecule has 2 amide bonds. The number of rotatable bonds is 2. The van der Waals surface area contributed by atoms with Gasteiger partial charge in [-0.15, -0.1) is 0 Å². The molecule has 0 saturated heterocycles. The standard InChI is InChI=1S/C11H22N2O/c1-3-12-11(14)13-10-6-4-5-9(2)7-8-10/h9-10H,3-8H2,1-2H3,(H2,12,13,14). The summed E-state index contributed by atoms with van der Waals surface area (Å²) in [6.07, 6.45) is 6.09. The molecule has 0 aliphatic heterocycles. The lowest BCUT2D eigenvalue weighted by molar-refractivity contribution is 0.236. The number of amides is 2. The molecule has 0 radical (unpaired) electrons. The average molecular weight is 198 g/mol. The van der Waals surface area contributed by atoms with Gasteiger partial charge in [0.25, 0.3) is 0 Å². The van der Waals surface area contributed by atoms with Crippen LogP contribution in [0.15, 0.2) is 0 Å². The van der Waals surface area contributed by atoms with E-state index in [2.05, 4.69) is 17.6 Å². The number of nitrogens with one attached hydrogen (secondary N) is 2. The number of carbonyl (C=O) groups is 1. The van der Waals surface area contributed by atoms with Crippen LogP contribution in [-0.2, 0) is 0 Å². The van der Waals surface area contributed by atoms with Crippen LogP contribution in [0.3, 0.4) is 0 Å². The summed E-state index contributed by atoms with van der Waals surface area (Å²) in [5.74, 6) is 0.830. The second kappa shape index (κ2) is 5.89. The van der Waals surface area contributed by atoms with Crippen molar-refractivity contribution in [2.45, 2.75) is 52.0 Å². The molecule has 1 rings (SSSR count). The van der Waals surface area contributed by atoms with E-state index in [1.54, 1.807) is 0 Å². The third kappa shape index (κ3) is 3.99. The molecule has 0 aromatic carbocycles. The molecule has 0 aromatic rings. The molecule has 1 fully saturated rings. The molecule has 2 unspecified atom stereocenters. The fourth-order valence-corrected chi connectivity index (χ4v) is 2.03. The van der Waals surface area contributed by atoms with Crippen molar-refractivity contribution in [3.63, 3.8) is 0 Å². The summed E-state index contributed by atoms with van der Waals surface area (Å²) < 4.78 is 0. The third-order valence-corrected chi connectivity index (χ3v) is 2.93. The van der Waals surface area contributed by atoms with Crippen LogP contribution in [0, 0.1) is 5.92 Å². The molecule has 1 aliphatic carbocycles. The van der Waals surface area contributed by atoms with Gasteiger partial charge in [-0.25, -0.2) is 4.79 Å². The minimum atomic E-state index is -0.00736. The molecule has 1 aliphatic rings. The second-order valence-corrected chi connectivity index (χ2v) is 4.31. The van der Waals surface area contributed by atoms with E-state index in [0.29, 0.717) is 12.6 Å². The summed E-state index contributed by atoms with van der Waals surface area (Å²) in [6.45, 7) is 4.94. The molecule has 0 bridgehead atoms. The summed E-state index contributed by atoms with van der Waals surface area (Å²) in [5.41, 5.74) is 0. The van der Waals surface area contributed by atoms with Crippen LogP contribution < -0.4 is 10.6 Å². The van der Waals surface area contributed by atoms with Crippen LogP contribution >= 0.6 is 0 Å². The lowest BCUT2D eigenvalue weighted by atomic mass is 10.0. The quantitative estimate of drug-likeness (QED) is 0.657. The Labute approximate surface area is 86.6 Å². The van der Waals surface area contributed by atoms with E-state index in [-0.39, 0.29) is 6.03 Å². The maximum absolute atomic E-state index is 11.3. The van der Waals surface area contributed by atoms with Gasteiger partial charge < -0.3 is 10.6 Å². The predicted octanol–water partition coefficient (Wildman–Crippen LogP) is 2.27. The first kappa shape index (κ1) is 11.3. The second-order valence-electron chi connectivity index (χ2n) is 4.31. The Kier molecular flexibility index (Phi) is 4.77. The molecule has 2 N–H and O–H groups in total. The van der Waals surface area contributed by atoms with Gasteiger partial charge in [0.2, 0.25) is 0 Å². The number of hydrogen-bond donors (Lipinski definition) is 2. The molecular formula is C11H22N2O. The largest absolute Gasteiger partial charge is 0.338 e. The average Bonchev–Trinajstić information content (AvgIpc) is 2.32. The SMILES string of the molecule is CCNC(=O)NC1CCCC(C)CC1. The molecule has 3 nitrogen and oxygen atoms in total. The fourth-order valence-electron chi connectivity index (χ4n) is 2.03. The van der Waals surface area contributed by atoms with Crippen LogP contribution in [0.4, 0.5) is 4.79 Å². The van der Waals surface area contributed by atoms with Crippen LogP contribution in [0.1, 0.15) is 46.0 Å². The fraction of sp³-hybridized carbons (Fsp3) is 0.909. The topological polar surface area (TPSA) is 41.1 Å². The zero-order valence-electron chi connectivity index (χ0n) is 9.31. The molecule has 0 spiro atoms. The van der Waals surface area contributed by atoms with Gasteiger partial charge in [0.05, 0.1) is 0 Å². The minimum Gasteiger partial charge on any atom is -0.338 e. The molecule has 2 atom stereocenters. The van der Waals surface area contributed by atoms with E-state index in [4.69, 9.17) is 0 Å². The predicted molar refractivity (Wildman–Crippen MR) is 58.2 cm³/mol. The van der Waals surface area contributed by atoms with Gasteiger partial charge in [-0.1, -0.05) is 19.8 Å². The third-order valence-electron chi connectivity index (χ3n) is 2.93. The Morgan fingerprint density at radius 2 is 2.07 bits per heavy atom. The Morgan fingerprint density at radius 1 is 1.29 bits per heavy atom. The van der Waals surface area contributed by atoms with Gasteiger partial charge in [-0.05, 0) is 32.1 Å². The van der Waals surface area contributed by atoms with E-state index in [0.717, 1.165) is 18.8 Å². The van der Waals surface area contributed by atoms with Crippen molar-refractivity contribution in [2.24, 2.45) is 5.92 Å². The zero-order chi connectivity index (χ0) is 10.4. The van der Waals surface area contributed by atoms with Crippen molar-refractivity contribution >= 4 is 6.03 Å². The van der Waals surface area contributed by atoms with Crippen LogP contribution in [0.25, 0.3) is 0 Å². The molecular weight excluding hydrogens is 176 g/mol. The lowest BCUT2D eigenvalue weighted by Crippen LogP contribution is -2.41. The Morgan fingerprint density at radius 3 is 2.79 bits per heavy atom. The van der Waals surface area contributed by atoms with Crippen LogP contribution in [0.2, 0.25) is 0 Å². The lowest BCUT2D eigenvalue weighted by Gasteiger charge is -2.16. The van der Waals surface area contributed by atoms with Gasteiger partial charge in [0.15, 0.2) is 0 Å². The molecule has 0 heterocycles. The van der Waals surface area contributed by atoms with Crippen molar-refractivity contribution in [3.8, 4) is 0 Å². The van der Waals surface area contributed by atoms with Gasteiger partial charge >= 0.3 is 6.03 Å².